The maximum Gasteiger partial charge on any atom is 0.451 e. The molecule has 3 rings (SSSR count). The third-order valence-electron chi connectivity index (χ3n) is 3.68. The summed E-state index contributed by atoms with van der Waals surface area (Å²) in [4.78, 5) is 22.5. The molecule has 1 N–H and O–H groups in total. The maximum atomic E-state index is 12.9. The summed E-state index contributed by atoms with van der Waals surface area (Å²) < 4.78 is 38.7. The van der Waals surface area contributed by atoms with Crippen LogP contribution >= 0.6 is 0 Å². The van der Waals surface area contributed by atoms with Crippen LogP contribution in [0.4, 0.5) is 13.2 Å². The Kier molecular flexibility index (Phi) is 3.70. The van der Waals surface area contributed by atoms with Crippen molar-refractivity contribution < 1.29 is 23.1 Å². The van der Waals surface area contributed by atoms with Crippen molar-refractivity contribution in [3.8, 4) is 0 Å². The van der Waals surface area contributed by atoms with Gasteiger partial charge in [0.15, 0.2) is 5.70 Å². The zero-order chi connectivity index (χ0) is 16.6. The maximum absolute atomic E-state index is 12.9. The molecule has 2 atom stereocenters. The molecule has 6 nitrogen and oxygen atoms in total. The number of carbonyl (C=O) groups is 1. The van der Waals surface area contributed by atoms with Crippen LogP contribution in [0.15, 0.2) is 45.9 Å². The molecule has 122 valence electrons. The van der Waals surface area contributed by atoms with Crippen molar-refractivity contribution in [1.82, 2.24) is 9.80 Å². The molecule has 23 heavy (non-hydrogen) atoms. The van der Waals surface area contributed by atoms with Gasteiger partial charge in [-0.15, -0.1) is 0 Å². The molecule has 9 heteroatoms. The second-order valence-corrected chi connectivity index (χ2v) is 5.24. The van der Waals surface area contributed by atoms with Gasteiger partial charge in [0.1, 0.15) is 12.5 Å². The second-order valence-electron chi connectivity index (χ2n) is 5.24. The second kappa shape index (κ2) is 5.56. The molecule has 0 saturated carbocycles. The fourth-order valence-electron chi connectivity index (χ4n) is 2.67. The number of allylic oxidation sites excluding steroid dienone is 3. The lowest BCUT2D eigenvalue weighted by Crippen LogP contribution is -2.40. The van der Waals surface area contributed by atoms with Gasteiger partial charge >= 0.3 is 6.18 Å². The van der Waals surface area contributed by atoms with E-state index in [1.165, 1.54) is 17.4 Å². The number of hydrogen-bond acceptors (Lipinski definition) is 5. The normalized spacial score (nSPS) is 28.6. The largest absolute Gasteiger partial charge is 0.503 e. The van der Waals surface area contributed by atoms with E-state index < -0.39 is 29.7 Å². The molecule has 3 aliphatic rings. The lowest BCUT2D eigenvalue weighted by molar-refractivity contribution is -0.130. The molecule has 2 unspecified atom stereocenters. The first-order chi connectivity index (χ1) is 10.9. The highest BCUT2D eigenvalue weighted by Crippen LogP contribution is 2.35. The molecule has 1 fully saturated rings. The van der Waals surface area contributed by atoms with E-state index in [9.17, 15) is 23.1 Å². The number of alkyl halides is 3. The van der Waals surface area contributed by atoms with Crippen molar-refractivity contribution in [3.63, 3.8) is 0 Å². The molecular formula is C14H13F3N4O2. The van der Waals surface area contributed by atoms with Crippen molar-refractivity contribution in [2.75, 3.05) is 13.1 Å². The van der Waals surface area contributed by atoms with Crippen molar-refractivity contribution in [2.45, 2.75) is 12.3 Å². The fraction of sp³-hybridized carbons (Fsp3) is 0.357. The number of nitrogens with zero attached hydrogens (tertiary/aromatic N) is 4. The Balaban J connectivity index is 1.99. The lowest BCUT2D eigenvalue weighted by atomic mass is 10.1. The third kappa shape index (κ3) is 2.73. The summed E-state index contributed by atoms with van der Waals surface area (Å²) in [5.41, 5.74) is -0.748. The molecule has 1 saturated heterocycles. The van der Waals surface area contributed by atoms with Crippen LogP contribution in [0.1, 0.15) is 0 Å². The Morgan fingerprint density at radius 3 is 2.83 bits per heavy atom. The number of carbonyl (C=O) groups excluding carboxylic acids is 1. The van der Waals surface area contributed by atoms with Gasteiger partial charge < -0.3 is 10.0 Å². The van der Waals surface area contributed by atoms with Gasteiger partial charge in [-0.1, -0.05) is 6.08 Å². The molecule has 0 aromatic carbocycles. The molecule has 0 radical (unpaired) electrons. The Bertz CT molecular complexity index is 663. The van der Waals surface area contributed by atoms with Crippen LogP contribution in [-0.2, 0) is 4.79 Å². The highest BCUT2D eigenvalue weighted by molar-refractivity contribution is 5.97. The minimum atomic E-state index is -5.00. The number of hydrogen-bond donors (Lipinski definition) is 1. The highest BCUT2D eigenvalue weighted by atomic mass is 19.4. The first-order valence-electron chi connectivity index (χ1n) is 6.86. The standard InChI is InChI=1S/C14H13F3N4O2/c15-14(16,17)12(22)11-13(23)20-4-2-1-3-10(20)21(11)7-9-5-18-8-19-6-9/h1-5,8-10,22H,6-7H2. The molecule has 0 aromatic rings. The molecule has 0 aromatic heterocycles. The zero-order valence-electron chi connectivity index (χ0n) is 11.8. The van der Waals surface area contributed by atoms with Gasteiger partial charge in [0.05, 0.1) is 6.54 Å². The molecule has 0 spiro atoms. The minimum absolute atomic E-state index is 0.0847. The van der Waals surface area contributed by atoms with Gasteiger partial charge in [-0.2, -0.15) is 13.2 Å². The first-order valence-corrected chi connectivity index (χ1v) is 6.86. The first kappa shape index (κ1) is 15.3. The van der Waals surface area contributed by atoms with E-state index in [4.69, 9.17) is 0 Å². The van der Waals surface area contributed by atoms with E-state index in [0.717, 1.165) is 4.90 Å². The van der Waals surface area contributed by atoms with Gasteiger partial charge in [0.2, 0.25) is 5.76 Å². The average Bonchev–Trinajstić information content (AvgIpc) is 2.80. The van der Waals surface area contributed by atoms with Crippen molar-refractivity contribution in [2.24, 2.45) is 15.9 Å². The van der Waals surface area contributed by atoms with Crippen molar-refractivity contribution in [1.29, 1.82) is 0 Å². The summed E-state index contributed by atoms with van der Waals surface area (Å²) in [5, 5.41) is 9.56. The van der Waals surface area contributed by atoms with Crippen LogP contribution in [-0.4, -0.2) is 58.8 Å². The number of aliphatic imine (C=N–C) groups is 2. The molecule has 1 amide bonds. The monoisotopic (exact) mass is 326 g/mol. The summed E-state index contributed by atoms with van der Waals surface area (Å²) in [7, 11) is 0. The summed E-state index contributed by atoms with van der Waals surface area (Å²) in [6.07, 6.45) is 3.42. The Morgan fingerprint density at radius 1 is 1.39 bits per heavy atom. The molecule has 0 aliphatic carbocycles. The Labute approximate surface area is 129 Å². The number of halogens is 3. The summed E-state index contributed by atoms with van der Waals surface area (Å²) >= 11 is 0. The summed E-state index contributed by atoms with van der Waals surface area (Å²) in [6.45, 7) is 0.446. The zero-order valence-corrected chi connectivity index (χ0v) is 11.8. The smallest absolute Gasteiger partial charge is 0.451 e. The highest BCUT2D eigenvalue weighted by Gasteiger charge is 2.48. The van der Waals surface area contributed by atoms with Crippen LogP contribution in [0.25, 0.3) is 0 Å². The van der Waals surface area contributed by atoms with Crippen LogP contribution < -0.4 is 0 Å². The molecule has 3 aliphatic heterocycles. The fourth-order valence-corrected chi connectivity index (χ4v) is 2.67. The van der Waals surface area contributed by atoms with E-state index in [1.807, 2.05) is 0 Å². The Morgan fingerprint density at radius 2 is 2.17 bits per heavy atom. The number of fused-ring (bicyclic) bond motifs is 1. The molecule has 3 heterocycles. The van der Waals surface area contributed by atoms with Crippen molar-refractivity contribution >= 4 is 18.5 Å². The van der Waals surface area contributed by atoms with Crippen molar-refractivity contribution in [3.05, 3.63) is 35.9 Å². The van der Waals surface area contributed by atoms with Crippen LogP contribution in [0.3, 0.4) is 0 Å². The quantitative estimate of drug-likeness (QED) is 0.619. The predicted octanol–water partition coefficient (Wildman–Crippen LogP) is 1.60. The molecule has 0 bridgehead atoms. The van der Waals surface area contributed by atoms with Gasteiger partial charge in [0, 0.05) is 24.9 Å². The number of amides is 1. The van der Waals surface area contributed by atoms with Crippen LogP contribution in [0.2, 0.25) is 0 Å². The summed E-state index contributed by atoms with van der Waals surface area (Å²) in [5.74, 6) is -3.01. The Hall–Kier alpha value is -2.58. The predicted molar refractivity (Wildman–Crippen MR) is 76.7 cm³/mol. The average molecular weight is 326 g/mol. The van der Waals surface area contributed by atoms with Gasteiger partial charge in [-0.25, -0.2) is 4.99 Å². The van der Waals surface area contributed by atoms with Gasteiger partial charge in [0.25, 0.3) is 5.91 Å². The number of aliphatic hydroxyl groups excluding tert-OH is 1. The number of rotatable bonds is 2. The SMILES string of the molecule is O=C1C(=C(O)C(F)(F)F)N(CC2C=NC=NC2)C2C=CC=CN12. The minimum Gasteiger partial charge on any atom is -0.503 e. The van der Waals surface area contributed by atoms with E-state index in [0.29, 0.717) is 6.54 Å². The van der Waals surface area contributed by atoms with Crippen LogP contribution in [0.5, 0.6) is 0 Å². The molecular weight excluding hydrogens is 313 g/mol. The number of aliphatic hydroxyl groups is 1. The van der Waals surface area contributed by atoms with E-state index >= 15 is 0 Å². The lowest BCUT2D eigenvalue weighted by Gasteiger charge is -2.30. The van der Waals surface area contributed by atoms with E-state index in [2.05, 4.69) is 9.98 Å². The van der Waals surface area contributed by atoms with E-state index in [1.54, 1.807) is 24.4 Å². The third-order valence-corrected chi connectivity index (χ3v) is 3.68. The van der Waals surface area contributed by atoms with Gasteiger partial charge in [-0.05, 0) is 12.2 Å². The van der Waals surface area contributed by atoms with Gasteiger partial charge in [-0.3, -0.25) is 14.7 Å². The van der Waals surface area contributed by atoms with Crippen LogP contribution in [0, 0.1) is 5.92 Å². The summed E-state index contributed by atoms with van der Waals surface area (Å²) in [6, 6.07) is 0. The van der Waals surface area contributed by atoms with E-state index in [-0.39, 0.29) is 12.5 Å². The topological polar surface area (TPSA) is 68.5 Å².